The van der Waals surface area contributed by atoms with E-state index in [1.54, 1.807) is 29.2 Å². The molecule has 36 heavy (non-hydrogen) atoms. The van der Waals surface area contributed by atoms with Gasteiger partial charge in [0, 0.05) is 6.54 Å². The monoisotopic (exact) mass is 483 g/mol. The summed E-state index contributed by atoms with van der Waals surface area (Å²) in [6.45, 7) is 5.44. The van der Waals surface area contributed by atoms with Crippen molar-refractivity contribution in [2.45, 2.75) is 32.7 Å². The highest BCUT2D eigenvalue weighted by Crippen LogP contribution is 2.41. The summed E-state index contributed by atoms with van der Waals surface area (Å²) >= 11 is 0. The van der Waals surface area contributed by atoms with Crippen molar-refractivity contribution in [2.24, 2.45) is 0 Å². The largest absolute Gasteiger partial charge is 0.490 e. The van der Waals surface area contributed by atoms with Gasteiger partial charge in [0.05, 0.1) is 30.2 Å². The summed E-state index contributed by atoms with van der Waals surface area (Å²) < 4.78 is 17.8. The van der Waals surface area contributed by atoms with E-state index < -0.39 is 6.04 Å². The molecule has 1 aliphatic rings. The highest BCUT2D eigenvalue weighted by molar-refractivity contribution is 5.99. The van der Waals surface area contributed by atoms with Gasteiger partial charge < -0.3 is 18.8 Å². The van der Waals surface area contributed by atoms with Gasteiger partial charge in [0.1, 0.15) is 5.58 Å². The summed E-state index contributed by atoms with van der Waals surface area (Å²) in [7, 11) is 0. The van der Waals surface area contributed by atoms with Crippen LogP contribution in [-0.4, -0.2) is 30.6 Å². The Morgan fingerprint density at radius 2 is 1.67 bits per heavy atom. The van der Waals surface area contributed by atoms with Gasteiger partial charge in [-0.15, -0.1) is 0 Å². The number of hydrogen-bond acceptors (Lipinski definition) is 5. The first-order chi connectivity index (χ1) is 17.6. The maximum atomic E-state index is 13.7. The number of amides is 1. The van der Waals surface area contributed by atoms with Crippen LogP contribution in [0.1, 0.15) is 53.6 Å². The molecule has 0 aliphatic carbocycles. The Bertz CT molecular complexity index is 1440. The molecule has 0 N–H and O–H groups in total. The van der Waals surface area contributed by atoms with E-state index in [1.807, 2.05) is 62.4 Å². The van der Waals surface area contributed by atoms with Crippen LogP contribution in [0.4, 0.5) is 0 Å². The minimum absolute atomic E-state index is 0.112. The Hall–Kier alpha value is -4.06. The highest BCUT2D eigenvalue weighted by Gasteiger charge is 2.42. The van der Waals surface area contributed by atoms with Gasteiger partial charge in [0.15, 0.2) is 16.9 Å². The standard InChI is InChI=1S/C30H29NO5/c1-3-18-35-24-15-14-21(19-25(24)34-4-2)27-26-28(32)22-12-8-9-13-23(22)36-29(26)30(33)31(27)17-16-20-10-6-5-7-11-20/h5-15,19,27H,3-4,16-18H2,1-2H3. The summed E-state index contributed by atoms with van der Waals surface area (Å²) in [5.41, 5.74) is 2.50. The molecule has 0 saturated carbocycles. The normalized spacial score (nSPS) is 14.8. The summed E-state index contributed by atoms with van der Waals surface area (Å²) in [6, 6.07) is 22.1. The number of hydrogen-bond donors (Lipinski definition) is 0. The molecule has 0 spiro atoms. The Labute approximate surface area is 210 Å². The molecule has 0 radical (unpaired) electrons. The second-order valence-electron chi connectivity index (χ2n) is 8.79. The fourth-order valence-corrected chi connectivity index (χ4v) is 4.73. The molecule has 1 aromatic heterocycles. The van der Waals surface area contributed by atoms with Crippen LogP contribution in [0.2, 0.25) is 0 Å². The molecule has 0 fully saturated rings. The first-order valence-electron chi connectivity index (χ1n) is 12.4. The quantitative estimate of drug-likeness (QED) is 0.302. The van der Waals surface area contributed by atoms with E-state index in [4.69, 9.17) is 13.9 Å². The zero-order chi connectivity index (χ0) is 25.1. The van der Waals surface area contributed by atoms with Gasteiger partial charge in [-0.2, -0.15) is 0 Å². The fourth-order valence-electron chi connectivity index (χ4n) is 4.73. The minimum Gasteiger partial charge on any atom is -0.490 e. The number of nitrogens with zero attached hydrogens (tertiary/aromatic N) is 1. The van der Waals surface area contributed by atoms with Crippen molar-refractivity contribution in [1.29, 1.82) is 0 Å². The Morgan fingerprint density at radius 1 is 0.889 bits per heavy atom. The number of carbonyl (C=O) groups excluding carboxylic acids is 1. The van der Waals surface area contributed by atoms with Crippen molar-refractivity contribution in [3.05, 3.63) is 105 Å². The number of para-hydroxylation sites is 1. The van der Waals surface area contributed by atoms with E-state index in [0.29, 0.717) is 54.2 Å². The average Bonchev–Trinajstić information content (AvgIpc) is 3.19. The highest BCUT2D eigenvalue weighted by atomic mass is 16.5. The van der Waals surface area contributed by atoms with Crippen LogP contribution in [0.5, 0.6) is 11.5 Å². The lowest BCUT2D eigenvalue weighted by molar-refractivity contribution is 0.0729. The molecular formula is C30H29NO5. The third kappa shape index (κ3) is 4.35. The van der Waals surface area contributed by atoms with Gasteiger partial charge in [-0.3, -0.25) is 9.59 Å². The molecular weight excluding hydrogens is 454 g/mol. The molecule has 5 rings (SSSR count). The van der Waals surface area contributed by atoms with Crippen LogP contribution in [0.25, 0.3) is 11.0 Å². The lowest BCUT2D eigenvalue weighted by Gasteiger charge is -2.26. The van der Waals surface area contributed by atoms with Crippen molar-refractivity contribution < 1.29 is 18.7 Å². The third-order valence-corrected chi connectivity index (χ3v) is 6.40. The Balaban J connectivity index is 1.63. The number of carbonyl (C=O) groups is 1. The van der Waals surface area contributed by atoms with Crippen LogP contribution in [0, 0.1) is 0 Å². The first kappa shape index (κ1) is 23.7. The molecule has 0 saturated heterocycles. The third-order valence-electron chi connectivity index (χ3n) is 6.40. The maximum absolute atomic E-state index is 13.7. The van der Waals surface area contributed by atoms with Gasteiger partial charge in [-0.05, 0) is 55.2 Å². The number of rotatable bonds is 9. The predicted molar refractivity (Wildman–Crippen MR) is 139 cm³/mol. The molecule has 6 heteroatoms. The van der Waals surface area contributed by atoms with Crippen molar-refractivity contribution in [1.82, 2.24) is 4.90 Å². The lowest BCUT2D eigenvalue weighted by Crippen LogP contribution is -2.31. The van der Waals surface area contributed by atoms with Crippen LogP contribution in [-0.2, 0) is 6.42 Å². The molecule has 1 unspecified atom stereocenters. The van der Waals surface area contributed by atoms with Gasteiger partial charge >= 0.3 is 0 Å². The van der Waals surface area contributed by atoms with E-state index >= 15 is 0 Å². The summed E-state index contributed by atoms with van der Waals surface area (Å²) in [4.78, 5) is 29.1. The van der Waals surface area contributed by atoms with Crippen molar-refractivity contribution in [3.8, 4) is 11.5 Å². The Kier molecular flexibility index (Phi) is 6.76. The summed E-state index contributed by atoms with van der Waals surface area (Å²) in [6.07, 6.45) is 1.53. The second kappa shape index (κ2) is 10.3. The van der Waals surface area contributed by atoms with Gasteiger partial charge in [0.2, 0.25) is 5.76 Å². The molecule has 184 valence electrons. The number of ether oxygens (including phenoxy) is 2. The topological polar surface area (TPSA) is 69.0 Å². The molecule has 4 aromatic rings. The molecule has 1 atom stereocenters. The van der Waals surface area contributed by atoms with Crippen LogP contribution in [0.15, 0.2) is 82.0 Å². The van der Waals surface area contributed by atoms with Crippen molar-refractivity contribution in [3.63, 3.8) is 0 Å². The summed E-state index contributed by atoms with van der Waals surface area (Å²) in [5, 5.41) is 0.465. The van der Waals surface area contributed by atoms with Crippen LogP contribution in [0.3, 0.4) is 0 Å². The van der Waals surface area contributed by atoms with E-state index in [0.717, 1.165) is 17.5 Å². The van der Waals surface area contributed by atoms with E-state index in [1.165, 1.54) is 0 Å². The molecule has 1 aliphatic heterocycles. The zero-order valence-corrected chi connectivity index (χ0v) is 20.5. The molecule has 1 amide bonds. The van der Waals surface area contributed by atoms with Crippen LogP contribution < -0.4 is 14.9 Å². The van der Waals surface area contributed by atoms with Gasteiger partial charge in [-0.1, -0.05) is 55.5 Å². The second-order valence-corrected chi connectivity index (χ2v) is 8.79. The van der Waals surface area contributed by atoms with E-state index in [-0.39, 0.29) is 17.1 Å². The minimum atomic E-state index is -0.587. The first-order valence-corrected chi connectivity index (χ1v) is 12.4. The van der Waals surface area contributed by atoms with Gasteiger partial charge in [0.25, 0.3) is 5.91 Å². The van der Waals surface area contributed by atoms with Gasteiger partial charge in [-0.25, -0.2) is 0 Å². The average molecular weight is 484 g/mol. The SMILES string of the molecule is CCCOc1ccc(C2c3c(oc4ccccc4c3=O)C(=O)N2CCc2ccccc2)cc1OCC. The molecule has 2 heterocycles. The Morgan fingerprint density at radius 3 is 2.44 bits per heavy atom. The maximum Gasteiger partial charge on any atom is 0.290 e. The zero-order valence-electron chi connectivity index (χ0n) is 20.5. The van der Waals surface area contributed by atoms with Crippen LogP contribution >= 0.6 is 0 Å². The number of fused-ring (bicyclic) bond motifs is 2. The predicted octanol–water partition coefficient (Wildman–Crippen LogP) is 5.77. The molecule has 0 bridgehead atoms. The lowest BCUT2D eigenvalue weighted by atomic mass is 9.97. The smallest absolute Gasteiger partial charge is 0.290 e. The molecule has 3 aromatic carbocycles. The number of benzene rings is 3. The fraction of sp³-hybridized carbons (Fsp3) is 0.267. The van der Waals surface area contributed by atoms with E-state index in [2.05, 4.69) is 0 Å². The van der Waals surface area contributed by atoms with Crippen molar-refractivity contribution in [2.75, 3.05) is 19.8 Å². The summed E-state index contributed by atoms with van der Waals surface area (Å²) in [5.74, 6) is 1.07. The van der Waals surface area contributed by atoms with Crippen molar-refractivity contribution >= 4 is 16.9 Å². The van der Waals surface area contributed by atoms with E-state index in [9.17, 15) is 9.59 Å². The molecule has 6 nitrogen and oxygen atoms in total.